The summed E-state index contributed by atoms with van der Waals surface area (Å²) >= 11 is 0. The third-order valence-corrected chi connectivity index (χ3v) is 3.81. The summed E-state index contributed by atoms with van der Waals surface area (Å²) in [7, 11) is 0. The zero-order valence-electron chi connectivity index (χ0n) is 13.3. The minimum atomic E-state index is -0.262. The van der Waals surface area contributed by atoms with E-state index in [9.17, 15) is 9.59 Å². The maximum Gasteiger partial charge on any atom is 0.321 e. The van der Waals surface area contributed by atoms with E-state index in [1.165, 1.54) is 0 Å². The van der Waals surface area contributed by atoms with Gasteiger partial charge in [-0.15, -0.1) is 0 Å². The molecule has 24 heavy (non-hydrogen) atoms. The Labute approximate surface area is 140 Å². The van der Waals surface area contributed by atoms with Crippen LogP contribution in [0.3, 0.4) is 0 Å². The topological polar surface area (TPSA) is 73.5 Å². The predicted octanol–water partition coefficient (Wildman–Crippen LogP) is 2.93. The number of amides is 4. The molecule has 0 atom stereocenters. The van der Waals surface area contributed by atoms with Crippen molar-refractivity contribution in [3.05, 3.63) is 60.2 Å². The predicted molar refractivity (Wildman–Crippen MR) is 94.1 cm³/mol. The van der Waals surface area contributed by atoms with Crippen LogP contribution >= 0.6 is 0 Å². The molecule has 6 heteroatoms. The summed E-state index contributed by atoms with van der Waals surface area (Å²) in [5, 5.41) is 8.41. The van der Waals surface area contributed by atoms with Crippen LogP contribution in [0.5, 0.6) is 0 Å². The minimum Gasteiger partial charge on any atom is -0.338 e. The smallest absolute Gasteiger partial charge is 0.321 e. The molecule has 1 fully saturated rings. The molecule has 1 heterocycles. The van der Waals surface area contributed by atoms with E-state index in [-0.39, 0.29) is 12.1 Å². The third kappa shape index (κ3) is 4.04. The van der Waals surface area contributed by atoms with Gasteiger partial charge < -0.3 is 16.0 Å². The summed E-state index contributed by atoms with van der Waals surface area (Å²) in [6, 6.07) is 16.6. The second-order valence-electron chi connectivity index (χ2n) is 5.58. The van der Waals surface area contributed by atoms with E-state index in [0.717, 1.165) is 24.2 Å². The fourth-order valence-electron chi connectivity index (χ4n) is 2.55. The molecular formula is C18H20N4O2. The van der Waals surface area contributed by atoms with Gasteiger partial charge in [0.15, 0.2) is 0 Å². The molecule has 4 amide bonds. The first-order valence-corrected chi connectivity index (χ1v) is 7.96. The molecular weight excluding hydrogens is 304 g/mol. The Morgan fingerprint density at radius 2 is 1.83 bits per heavy atom. The lowest BCUT2D eigenvalue weighted by atomic mass is 10.2. The van der Waals surface area contributed by atoms with Crippen LogP contribution < -0.4 is 20.9 Å². The maximum atomic E-state index is 11.9. The number of hydrogen-bond acceptors (Lipinski definition) is 2. The molecule has 2 aromatic rings. The van der Waals surface area contributed by atoms with Gasteiger partial charge in [-0.05, 0) is 36.2 Å². The van der Waals surface area contributed by atoms with Crippen molar-refractivity contribution in [1.82, 2.24) is 10.6 Å². The normalized spacial score (nSPS) is 14.0. The molecule has 0 spiro atoms. The summed E-state index contributed by atoms with van der Waals surface area (Å²) < 4.78 is 0. The van der Waals surface area contributed by atoms with Gasteiger partial charge in [0.2, 0.25) is 0 Å². The SMILES string of the molecule is O=C(NCc1ccccc1)Nc1ccc(N2CCCNC2=O)cc1. The van der Waals surface area contributed by atoms with Crippen LogP contribution in [0.25, 0.3) is 0 Å². The maximum absolute atomic E-state index is 11.9. The lowest BCUT2D eigenvalue weighted by Crippen LogP contribution is -2.46. The summed E-state index contributed by atoms with van der Waals surface area (Å²) in [6.07, 6.45) is 0.924. The van der Waals surface area contributed by atoms with Crippen molar-refractivity contribution in [2.75, 3.05) is 23.3 Å². The molecule has 1 saturated heterocycles. The average Bonchev–Trinajstić information content (AvgIpc) is 2.62. The second kappa shape index (κ2) is 7.50. The number of urea groups is 2. The molecule has 2 aromatic carbocycles. The Kier molecular flexibility index (Phi) is 4.96. The van der Waals surface area contributed by atoms with Gasteiger partial charge in [0.1, 0.15) is 0 Å². The fraction of sp³-hybridized carbons (Fsp3) is 0.222. The highest BCUT2D eigenvalue weighted by molar-refractivity contribution is 5.93. The number of hydrogen-bond donors (Lipinski definition) is 3. The Morgan fingerprint density at radius 1 is 1.08 bits per heavy atom. The molecule has 0 radical (unpaired) electrons. The van der Waals surface area contributed by atoms with Crippen LogP contribution in [-0.4, -0.2) is 25.2 Å². The number of carbonyl (C=O) groups is 2. The molecule has 0 unspecified atom stereocenters. The van der Waals surface area contributed by atoms with Crippen molar-refractivity contribution in [3.8, 4) is 0 Å². The summed E-state index contributed by atoms with van der Waals surface area (Å²) in [4.78, 5) is 25.4. The molecule has 3 N–H and O–H groups in total. The van der Waals surface area contributed by atoms with Crippen molar-refractivity contribution in [1.29, 1.82) is 0 Å². The highest BCUT2D eigenvalue weighted by Gasteiger charge is 2.18. The van der Waals surface area contributed by atoms with Gasteiger partial charge in [0, 0.05) is 31.0 Å². The molecule has 0 aliphatic carbocycles. The highest BCUT2D eigenvalue weighted by Crippen LogP contribution is 2.19. The van der Waals surface area contributed by atoms with E-state index < -0.39 is 0 Å². The number of rotatable bonds is 4. The van der Waals surface area contributed by atoms with Crippen LogP contribution in [0, 0.1) is 0 Å². The summed E-state index contributed by atoms with van der Waals surface area (Å²) in [6.45, 7) is 1.89. The van der Waals surface area contributed by atoms with Crippen molar-refractivity contribution in [2.24, 2.45) is 0 Å². The minimum absolute atomic E-state index is 0.0810. The molecule has 3 rings (SSSR count). The van der Waals surface area contributed by atoms with Crippen molar-refractivity contribution in [2.45, 2.75) is 13.0 Å². The standard InChI is InChI=1S/C18H20N4O2/c23-17(20-13-14-5-2-1-3-6-14)21-15-7-9-16(10-8-15)22-12-4-11-19-18(22)24/h1-3,5-10H,4,11-13H2,(H,19,24)(H2,20,21,23). The van der Waals surface area contributed by atoms with Crippen LogP contribution in [-0.2, 0) is 6.54 Å². The number of nitrogens with one attached hydrogen (secondary N) is 3. The van der Waals surface area contributed by atoms with Gasteiger partial charge in [-0.3, -0.25) is 4.90 Å². The van der Waals surface area contributed by atoms with Crippen LogP contribution in [0.15, 0.2) is 54.6 Å². The Hall–Kier alpha value is -3.02. The van der Waals surface area contributed by atoms with Gasteiger partial charge in [-0.25, -0.2) is 9.59 Å². The molecule has 1 aliphatic heterocycles. The van der Waals surface area contributed by atoms with Crippen molar-refractivity contribution in [3.63, 3.8) is 0 Å². The van der Waals surface area contributed by atoms with E-state index in [2.05, 4.69) is 16.0 Å². The average molecular weight is 324 g/mol. The molecule has 124 valence electrons. The van der Waals surface area contributed by atoms with Crippen LogP contribution in [0.2, 0.25) is 0 Å². The zero-order chi connectivity index (χ0) is 16.8. The first-order valence-electron chi connectivity index (χ1n) is 7.96. The highest BCUT2D eigenvalue weighted by atomic mass is 16.2. The number of anilines is 2. The number of carbonyl (C=O) groups excluding carboxylic acids is 2. The van der Waals surface area contributed by atoms with Gasteiger partial charge in [0.05, 0.1) is 0 Å². The third-order valence-electron chi connectivity index (χ3n) is 3.81. The lowest BCUT2D eigenvalue weighted by Gasteiger charge is -2.27. The Balaban J connectivity index is 1.54. The van der Waals surface area contributed by atoms with Crippen LogP contribution in [0.1, 0.15) is 12.0 Å². The van der Waals surface area contributed by atoms with Crippen molar-refractivity contribution < 1.29 is 9.59 Å². The van der Waals surface area contributed by atoms with E-state index in [1.807, 2.05) is 42.5 Å². The Bertz CT molecular complexity index is 701. The zero-order valence-corrected chi connectivity index (χ0v) is 13.3. The monoisotopic (exact) mass is 324 g/mol. The first-order chi connectivity index (χ1) is 11.7. The molecule has 0 bridgehead atoms. The van der Waals surface area contributed by atoms with Crippen molar-refractivity contribution >= 4 is 23.4 Å². The lowest BCUT2D eigenvalue weighted by molar-refractivity contribution is 0.242. The van der Waals surface area contributed by atoms with Crippen LogP contribution in [0.4, 0.5) is 21.0 Å². The van der Waals surface area contributed by atoms with Gasteiger partial charge in [-0.2, -0.15) is 0 Å². The molecule has 6 nitrogen and oxygen atoms in total. The Morgan fingerprint density at radius 3 is 2.54 bits per heavy atom. The van der Waals surface area contributed by atoms with Gasteiger partial charge in [-0.1, -0.05) is 30.3 Å². The van der Waals surface area contributed by atoms with E-state index in [1.54, 1.807) is 17.0 Å². The first kappa shape index (κ1) is 15.9. The van der Waals surface area contributed by atoms with E-state index >= 15 is 0 Å². The molecule has 1 aliphatic rings. The van der Waals surface area contributed by atoms with Gasteiger partial charge in [0.25, 0.3) is 0 Å². The summed E-state index contributed by atoms with van der Waals surface area (Å²) in [5.74, 6) is 0. The van der Waals surface area contributed by atoms with E-state index in [4.69, 9.17) is 0 Å². The van der Waals surface area contributed by atoms with E-state index in [0.29, 0.717) is 18.8 Å². The summed E-state index contributed by atoms with van der Waals surface area (Å²) in [5.41, 5.74) is 2.54. The van der Waals surface area contributed by atoms with Gasteiger partial charge >= 0.3 is 12.1 Å². The molecule has 0 aromatic heterocycles. The molecule has 0 saturated carbocycles. The largest absolute Gasteiger partial charge is 0.338 e. The quantitative estimate of drug-likeness (QED) is 0.809. The second-order valence-corrected chi connectivity index (χ2v) is 5.58. The number of benzene rings is 2. The number of nitrogens with zero attached hydrogens (tertiary/aromatic N) is 1. The fourth-order valence-corrected chi connectivity index (χ4v) is 2.55.